The van der Waals surface area contributed by atoms with Crippen molar-refractivity contribution in [2.45, 2.75) is 119 Å². The summed E-state index contributed by atoms with van der Waals surface area (Å²) in [5.74, 6) is 2.46. The number of hydrogen-bond donors (Lipinski definition) is 0. The van der Waals surface area contributed by atoms with Gasteiger partial charge in [0.25, 0.3) is 0 Å². The highest BCUT2D eigenvalue weighted by atomic mass is 16.5. The largest absolute Gasteiger partial charge is 0.458 e. The maximum absolute atomic E-state index is 12.9. The Morgan fingerprint density at radius 1 is 0.938 bits per heavy atom. The Bertz CT molecular complexity index is 838. The standard InChI is InChI=1S/C30H48O2/c1-19(2)20-9-12-30(8)25-23(32-24(31)10-11-28(20,25)6)17-21-22-18-26(3,4)13-14-27(22,5)15-16-29(21,30)7/h17,19-20,22-23,25H,9-16,18H2,1-8H3/t20-,22-,23?,25+,27+,28-,29+,30+/m0/s1. The molecule has 0 aromatic carbocycles. The molecular formula is C30H48O2. The molecule has 0 aromatic heterocycles. The van der Waals surface area contributed by atoms with Crippen molar-refractivity contribution in [2.24, 2.45) is 50.7 Å². The molecule has 4 fully saturated rings. The predicted molar refractivity (Wildman–Crippen MR) is 131 cm³/mol. The maximum atomic E-state index is 12.9. The van der Waals surface area contributed by atoms with Crippen molar-refractivity contribution < 1.29 is 9.53 Å². The van der Waals surface area contributed by atoms with Crippen LogP contribution in [0.5, 0.6) is 0 Å². The van der Waals surface area contributed by atoms with Gasteiger partial charge in [-0.25, -0.2) is 0 Å². The maximum Gasteiger partial charge on any atom is 0.306 e. The SMILES string of the molecule is CC(C)[C@@H]1CC[C@]2(C)[C@@H]3C(C=C4[C@@H]5CC(C)(C)CC[C@]5(C)CC[C@]42C)OC(=O)CC[C@]31C. The van der Waals surface area contributed by atoms with Gasteiger partial charge < -0.3 is 4.74 Å². The Kier molecular flexibility index (Phi) is 4.94. The van der Waals surface area contributed by atoms with Gasteiger partial charge in [-0.15, -0.1) is 0 Å². The molecule has 0 bridgehead atoms. The molecule has 0 aromatic rings. The number of carbonyl (C=O) groups is 1. The van der Waals surface area contributed by atoms with Gasteiger partial charge in [0.05, 0.1) is 0 Å². The molecule has 0 amide bonds. The number of esters is 1. The van der Waals surface area contributed by atoms with E-state index in [0.717, 1.165) is 6.42 Å². The van der Waals surface area contributed by atoms with Gasteiger partial charge in [-0.1, -0.05) is 61.0 Å². The van der Waals surface area contributed by atoms with E-state index in [1.807, 2.05) is 0 Å². The van der Waals surface area contributed by atoms with E-state index in [9.17, 15) is 4.79 Å². The van der Waals surface area contributed by atoms with E-state index in [0.29, 0.717) is 40.9 Å². The molecule has 2 heteroatoms. The third kappa shape index (κ3) is 2.92. The van der Waals surface area contributed by atoms with Crippen LogP contribution in [0, 0.1) is 50.7 Å². The molecular weight excluding hydrogens is 392 g/mol. The summed E-state index contributed by atoms with van der Waals surface area (Å²) in [5.41, 5.74) is 3.11. The van der Waals surface area contributed by atoms with E-state index in [1.165, 1.54) is 44.9 Å². The van der Waals surface area contributed by atoms with Crippen LogP contribution in [0.25, 0.3) is 0 Å². The minimum absolute atomic E-state index is 0.0305. The second-order valence-corrected chi connectivity index (χ2v) is 14.8. The zero-order valence-corrected chi connectivity index (χ0v) is 22.1. The van der Waals surface area contributed by atoms with Crippen molar-refractivity contribution in [3.05, 3.63) is 11.6 Å². The molecule has 0 N–H and O–H groups in total. The number of fused-ring (bicyclic) bond motifs is 4. The lowest BCUT2D eigenvalue weighted by Crippen LogP contribution is -2.64. The second-order valence-electron chi connectivity index (χ2n) is 14.8. The monoisotopic (exact) mass is 440 g/mol. The summed E-state index contributed by atoms with van der Waals surface area (Å²) >= 11 is 0. The van der Waals surface area contributed by atoms with Crippen molar-refractivity contribution in [2.75, 3.05) is 0 Å². The number of ether oxygens (including phenoxy) is 1. The van der Waals surface area contributed by atoms with E-state index in [1.54, 1.807) is 5.57 Å². The highest BCUT2D eigenvalue weighted by molar-refractivity contribution is 5.70. The fraction of sp³-hybridized carbons (Fsp3) is 0.900. The van der Waals surface area contributed by atoms with Crippen LogP contribution >= 0.6 is 0 Å². The van der Waals surface area contributed by atoms with Crippen LogP contribution in [0.15, 0.2) is 11.6 Å². The summed E-state index contributed by atoms with van der Waals surface area (Å²) in [6, 6.07) is 0. The molecule has 4 aliphatic carbocycles. The third-order valence-electron chi connectivity index (χ3n) is 12.3. The molecule has 1 unspecified atom stereocenters. The van der Waals surface area contributed by atoms with Crippen LogP contribution < -0.4 is 0 Å². The zero-order chi connectivity index (χ0) is 23.3. The summed E-state index contributed by atoms with van der Waals surface area (Å²) < 4.78 is 6.35. The molecule has 1 saturated heterocycles. The number of carbonyl (C=O) groups excluding carboxylic acids is 1. The molecule has 2 nitrogen and oxygen atoms in total. The predicted octanol–water partition coefficient (Wildman–Crippen LogP) is 7.96. The molecule has 0 radical (unpaired) electrons. The normalized spacial score (nSPS) is 52.2. The van der Waals surface area contributed by atoms with Gasteiger partial charge in [0.2, 0.25) is 0 Å². The van der Waals surface area contributed by atoms with Crippen molar-refractivity contribution in [1.82, 2.24) is 0 Å². The molecule has 0 spiro atoms. The van der Waals surface area contributed by atoms with Crippen LogP contribution in [-0.4, -0.2) is 12.1 Å². The summed E-state index contributed by atoms with van der Waals surface area (Å²) in [6.45, 7) is 20.1. The van der Waals surface area contributed by atoms with Gasteiger partial charge in [0.1, 0.15) is 6.10 Å². The number of rotatable bonds is 1. The van der Waals surface area contributed by atoms with Crippen molar-refractivity contribution in [1.29, 1.82) is 0 Å². The highest BCUT2D eigenvalue weighted by Crippen LogP contribution is 2.74. The Hall–Kier alpha value is -0.790. The fourth-order valence-electron chi connectivity index (χ4n) is 10.1. The molecule has 32 heavy (non-hydrogen) atoms. The summed E-state index contributed by atoms with van der Waals surface area (Å²) in [7, 11) is 0. The topological polar surface area (TPSA) is 26.3 Å². The highest BCUT2D eigenvalue weighted by Gasteiger charge is 2.68. The number of allylic oxidation sites excluding steroid dienone is 1. The van der Waals surface area contributed by atoms with Gasteiger partial charge >= 0.3 is 5.97 Å². The van der Waals surface area contributed by atoms with E-state index < -0.39 is 0 Å². The van der Waals surface area contributed by atoms with Crippen LogP contribution in [-0.2, 0) is 9.53 Å². The van der Waals surface area contributed by atoms with Gasteiger partial charge in [-0.3, -0.25) is 4.79 Å². The van der Waals surface area contributed by atoms with E-state index in [4.69, 9.17) is 4.74 Å². The van der Waals surface area contributed by atoms with Gasteiger partial charge in [-0.2, -0.15) is 0 Å². The minimum Gasteiger partial charge on any atom is -0.458 e. The summed E-state index contributed by atoms with van der Waals surface area (Å²) in [4.78, 5) is 12.9. The smallest absolute Gasteiger partial charge is 0.306 e. The van der Waals surface area contributed by atoms with Gasteiger partial charge in [0.15, 0.2) is 0 Å². The van der Waals surface area contributed by atoms with Crippen molar-refractivity contribution in [3.8, 4) is 0 Å². The zero-order valence-electron chi connectivity index (χ0n) is 22.1. The van der Waals surface area contributed by atoms with E-state index in [-0.39, 0.29) is 28.3 Å². The lowest BCUT2D eigenvalue weighted by atomic mass is 9.35. The second kappa shape index (κ2) is 6.88. The van der Waals surface area contributed by atoms with Crippen LogP contribution in [0.2, 0.25) is 0 Å². The van der Waals surface area contributed by atoms with Gasteiger partial charge in [0, 0.05) is 12.3 Å². The molecule has 3 saturated carbocycles. The fourth-order valence-corrected chi connectivity index (χ4v) is 10.1. The van der Waals surface area contributed by atoms with Gasteiger partial charge in [-0.05, 0) is 102 Å². The minimum atomic E-state index is -0.0305. The van der Waals surface area contributed by atoms with Crippen molar-refractivity contribution in [3.63, 3.8) is 0 Å². The average molecular weight is 441 g/mol. The Morgan fingerprint density at radius 2 is 1.62 bits per heavy atom. The van der Waals surface area contributed by atoms with Crippen molar-refractivity contribution >= 4 is 5.97 Å². The van der Waals surface area contributed by atoms with E-state index >= 15 is 0 Å². The molecule has 8 atom stereocenters. The van der Waals surface area contributed by atoms with E-state index in [2.05, 4.69) is 61.5 Å². The molecule has 1 aliphatic heterocycles. The average Bonchev–Trinajstić information content (AvgIpc) is 2.82. The number of hydrogen-bond acceptors (Lipinski definition) is 2. The molecule has 5 aliphatic rings. The molecule has 5 rings (SSSR count). The third-order valence-corrected chi connectivity index (χ3v) is 12.3. The first kappa shape index (κ1) is 23.0. The first-order chi connectivity index (χ1) is 14.8. The first-order valence-electron chi connectivity index (χ1n) is 13.7. The quantitative estimate of drug-likeness (QED) is 0.305. The Morgan fingerprint density at radius 3 is 2.31 bits per heavy atom. The molecule has 1 heterocycles. The Labute approximate surface area is 197 Å². The summed E-state index contributed by atoms with van der Waals surface area (Å²) in [6.07, 6.45) is 13.3. The Balaban J connectivity index is 1.69. The van der Waals surface area contributed by atoms with Crippen LogP contribution in [0.4, 0.5) is 0 Å². The lowest BCUT2D eigenvalue weighted by Gasteiger charge is -2.70. The molecule has 180 valence electrons. The van der Waals surface area contributed by atoms with Crippen LogP contribution in [0.1, 0.15) is 113 Å². The first-order valence-corrected chi connectivity index (χ1v) is 13.7. The van der Waals surface area contributed by atoms with Crippen LogP contribution in [0.3, 0.4) is 0 Å². The summed E-state index contributed by atoms with van der Waals surface area (Å²) in [5, 5.41) is 0. The lowest BCUT2D eigenvalue weighted by molar-refractivity contribution is -0.187.